The summed E-state index contributed by atoms with van der Waals surface area (Å²) in [5.74, 6) is 0. The van der Waals surface area contributed by atoms with Gasteiger partial charge in [0, 0.05) is 23.3 Å². The molecule has 3 rings (SSSR count). The number of anilines is 1. The molecule has 0 bridgehead atoms. The second-order valence-electron chi connectivity index (χ2n) is 5.90. The summed E-state index contributed by atoms with van der Waals surface area (Å²) in [6, 6.07) is 8.93. The van der Waals surface area contributed by atoms with Crippen LogP contribution in [0.5, 0.6) is 0 Å². The minimum atomic E-state index is 0.325. The Morgan fingerprint density at radius 2 is 1.90 bits per heavy atom. The molecule has 0 amide bonds. The van der Waals surface area contributed by atoms with Gasteiger partial charge in [-0.3, -0.25) is 4.98 Å². The van der Waals surface area contributed by atoms with Crippen LogP contribution in [0.3, 0.4) is 0 Å². The predicted octanol–water partition coefficient (Wildman–Crippen LogP) is 3.91. The molecule has 1 aliphatic rings. The van der Waals surface area contributed by atoms with Gasteiger partial charge in [0.1, 0.15) is 0 Å². The fraction of sp³-hybridized carbons (Fsp3) is 0.471. The Kier molecular flexibility index (Phi) is 3.62. The highest BCUT2D eigenvalue weighted by molar-refractivity contribution is 5.93. The van der Waals surface area contributed by atoms with Crippen molar-refractivity contribution in [1.29, 1.82) is 0 Å². The molecule has 2 heterocycles. The maximum Gasteiger partial charge on any atom is 0.0751 e. The maximum atomic E-state index is 5.81. The Bertz CT molecular complexity index is 601. The molecule has 0 saturated carbocycles. The van der Waals surface area contributed by atoms with E-state index in [4.69, 9.17) is 4.74 Å². The molecule has 106 valence electrons. The Morgan fingerprint density at radius 1 is 1.15 bits per heavy atom. The lowest BCUT2D eigenvalue weighted by atomic mass is 9.99. The highest BCUT2D eigenvalue weighted by atomic mass is 16.5. The van der Waals surface area contributed by atoms with E-state index in [9.17, 15) is 0 Å². The van der Waals surface area contributed by atoms with Crippen molar-refractivity contribution >= 4 is 16.6 Å². The number of ether oxygens (including phenoxy) is 1. The highest BCUT2D eigenvalue weighted by Gasteiger charge is 2.24. The largest absolute Gasteiger partial charge is 0.382 e. The average Bonchev–Trinajstić information content (AvgIpc) is 2.41. The number of pyridine rings is 1. The summed E-state index contributed by atoms with van der Waals surface area (Å²) < 4.78 is 5.81. The van der Waals surface area contributed by atoms with Gasteiger partial charge in [-0.15, -0.1) is 0 Å². The van der Waals surface area contributed by atoms with Crippen molar-refractivity contribution in [2.75, 3.05) is 5.32 Å². The standard InChI is InChI=1S/C17H22N2O/c1-11-6-7-16(15-5-4-8-18-17(11)15)19-14-9-12(2)20-13(3)10-14/h4-8,12-14,19H,9-10H2,1-3H3. The van der Waals surface area contributed by atoms with Gasteiger partial charge in [-0.25, -0.2) is 0 Å². The molecule has 2 atom stereocenters. The monoisotopic (exact) mass is 270 g/mol. The lowest BCUT2D eigenvalue weighted by Gasteiger charge is -2.33. The van der Waals surface area contributed by atoms with Crippen molar-refractivity contribution < 1.29 is 4.74 Å². The molecule has 0 aliphatic carbocycles. The fourth-order valence-electron chi connectivity index (χ4n) is 3.18. The third kappa shape index (κ3) is 2.63. The second kappa shape index (κ2) is 5.41. The summed E-state index contributed by atoms with van der Waals surface area (Å²) in [6.07, 6.45) is 4.62. The van der Waals surface area contributed by atoms with E-state index in [2.05, 4.69) is 49.3 Å². The summed E-state index contributed by atoms with van der Waals surface area (Å²) in [4.78, 5) is 4.50. The zero-order valence-corrected chi connectivity index (χ0v) is 12.4. The van der Waals surface area contributed by atoms with E-state index >= 15 is 0 Å². The van der Waals surface area contributed by atoms with Crippen LogP contribution in [-0.4, -0.2) is 23.2 Å². The van der Waals surface area contributed by atoms with Crippen LogP contribution in [0.2, 0.25) is 0 Å². The minimum Gasteiger partial charge on any atom is -0.382 e. The number of fused-ring (bicyclic) bond motifs is 1. The smallest absolute Gasteiger partial charge is 0.0751 e. The van der Waals surface area contributed by atoms with Crippen LogP contribution in [0.1, 0.15) is 32.3 Å². The summed E-state index contributed by atoms with van der Waals surface area (Å²) in [5, 5.41) is 4.90. The molecule has 3 heteroatoms. The molecule has 2 aromatic rings. The number of aromatic nitrogens is 1. The van der Waals surface area contributed by atoms with Gasteiger partial charge in [0.2, 0.25) is 0 Å². The molecular weight excluding hydrogens is 248 g/mol. The Morgan fingerprint density at radius 3 is 2.65 bits per heavy atom. The molecule has 2 unspecified atom stereocenters. The van der Waals surface area contributed by atoms with E-state index in [0.717, 1.165) is 18.4 Å². The normalized spacial score (nSPS) is 26.6. The zero-order valence-electron chi connectivity index (χ0n) is 12.4. The number of hydrogen-bond acceptors (Lipinski definition) is 3. The molecule has 0 spiro atoms. The van der Waals surface area contributed by atoms with Crippen molar-refractivity contribution in [3.8, 4) is 0 Å². The van der Waals surface area contributed by atoms with Crippen LogP contribution in [-0.2, 0) is 4.74 Å². The summed E-state index contributed by atoms with van der Waals surface area (Å²) in [5.41, 5.74) is 3.50. The van der Waals surface area contributed by atoms with Gasteiger partial charge in [-0.1, -0.05) is 6.07 Å². The van der Waals surface area contributed by atoms with E-state index in [0.29, 0.717) is 18.2 Å². The molecule has 0 radical (unpaired) electrons. The van der Waals surface area contributed by atoms with Crippen molar-refractivity contribution in [2.45, 2.75) is 51.9 Å². The first kappa shape index (κ1) is 13.4. The zero-order chi connectivity index (χ0) is 14.1. The number of rotatable bonds is 2. The van der Waals surface area contributed by atoms with E-state index in [-0.39, 0.29) is 0 Å². The molecule has 20 heavy (non-hydrogen) atoms. The van der Waals surface area contributed by atoms with Gasteiger partial charge < -0.3 is 10.1 Å². The lowest BCUT2D eigenvalue weighted by Crippen LogP contribution is -2.36. The average molecular weight is 270 g/mol. The van der Waals surface area contributed by atoms with Crippen molar-refractivity contribution in [2.24, 2.45) is 0 Å². The number of benzene rings is 1. The van der Waals surface area contributed by atoms with E-state index in [1.807, 2.05) is 12.3 Å². The Labute approximate surface area is 120 Å². The first-order valence-corrected chi connectivity index (χ1v) is 7.40. The van der Waals surface area contributed by atoms with Crippen LogP contribution in [0.4, 0.5) is 5.69 Å². The first-order chi connectivity index (χ1) is 9.63. The molecule has 1 aromatic heterocycles. The van der Waals surface area contributed by atoms with Crippen LogP contribution < -0.4 is 5.32 Å². The highest BCUT2D eigenvalue weighted by Crippen LogP contribution is 2.28. The second-order valence-corrected chi connectivity index (χ2v) is 5.90. The van der Waals surface area contributed by atoms with Gasteiger partial charge in [0.15, 0.2) is 0 Å². The molecule has 1 aromatic carbocycles. The molecule has 3 nitrogen and oxygen atoms in total. The minimum absolute atomic E-state index is 0.325. The number of hydrogen-bond donors (Lipinski definition) is 1. The van der Waals surface area contributed by atoms with E-state index < -0.39 is 0 Å². The van der Waals surface area contributed by atoms with Crippen LogP contribution in [0.15, 0.2) is 30.5 Å². The molecule has 1 fully saturated rings. The molecular formula is C17H22N2O. The van der Waals surface area contributed by atoms with Crippen molar-refractivity contribution in [3.63, 3.8) is 0 Å². The van der Waals surface area contributed by atoms with E-state index in [1.165, 1.54) is 16.6 Å². The summed E-state index contributed by atoms with van der Waals surface area (Å²) in [7, 11) is 0. The molecule has 1 saturated heterocycles. The van der Waals surface area contributed by atoms with Gasteiger partial charge in [0.05, 0.1) is 17.7 Å². The third-order valence-corrected chi connectivity index (χ3v) is 4.03. The topological polar surface area (TPSA) is 34.1 Å². The van der Waals surface area contributed by atoms with Crippen molar-refractivity contribution in [1.82, 2.24) is 4.98 Å². The maximum absolute atomic E-state index is 5.81. The van der Waals surface area contributed by atoms with Gasteiger partial charge in [-0.05, 0) is 57.4 Å². The molecule has 1 aliphatic heterocycles. The quantitative estimate of drug-likeness (QED) is 0.898. The Balaban J connectivity index is 1.89. The van der Waals surface area contributed by atoms with Gasteiger partial charge in [0.25, 0.3) is 0 Å². The summed E-state index contributed by atoms with van der Waals surface area (Å²) >= 11 is 0. The SMILES string of the molecule is Cc1ccc(NC2CC(C)OC(C)C2)c2cccnc12. The van der Waals surface area contributed by atoms with Crippen LogP contribution >= 0.6 is 0 Å². The van der Waals surface area contributed by atoms with Gasteiger partial charge >= 0.3 is 0 Å². The third-order valence-electron chi connectivity index (χ3n) is 4.03. The Hall–Kier alpha value is -1.61. The lowest BCUT2D eigenvalue weighted by molar-refractivity contribution is -0.0337. The first-order valence-electron chi connectivity index (χ1n) is 7.40. The number of aryl methyl sites for hydroxylation is 1. The van der Waals surface area contributed by atoms with E-state index in [1.54, 1.807) is 0 Å². The number of nitrogens with one attached hydrogen (secondary N) is 1. The van der Waals surface area contributed by atoms with Crippen LogP contribution in [0, 0.1) is 6.92 Å². The summed E-state index contributed by atoms with van der Waals surface area (Å²) in [6.45, 7) is 6.41. The van der Waals surface area contributed by atoms with Gasteiger partial charge in [-0.2, -0.15) is 0 Å². The van der Waals surface area contributed by atoms with Crippen LogP contribution in [0.25, 0.3) is 10.9 Å². The molecule has 1 N–H and O–H groups in total. The predicted molar refractivity (Wildman–Crippen MR) is 83.1 cm³/mol. The van der Waals surface area contributed by atoms with Crippen molar-refractivity contribution in [3.05, 3.63) is 36.0 Å². The fourth-order valence-corrected chi connectivity index (χ4v) is 3.18. The number of nitrogens with zero attached hydrogens (tertiary/aromatic N) is 1.